The molecule has 0 bridgehead atoms. The molecule has 1 unspecified atom stereocenters. The molecule has 0 spiro atoms. The molecule has 1 atom stereocenters. The second kappa shape index (κ2) is 5.24. The highest BCUT2D eigenvalue weighted by Crippen LogP contribution is 2.35. The summed E-state index contributed by atoms with van der Waals surface area (Å²) in [5.41, 5.74) is 3.28. The molecule has 2 aromatic carbocycles. The maximum Gasteiger partial charge on any atom is 0.286 e. The molecule has 4 rings (SSSR count). The number of anilines is 1. The van der Waals surface area contributed by atoms with Gasteiger partial charge in [0.1, 0.15) is 5.25 Å². The predicted octanol–water partition coefficient (Wildman–Crippen LogP) is 2.87. The van der Waals surface area contributed by atoms with Crippen LogP contribution in [0.1, 0.15) is 26.7 Å². The first-order valence-electron chi connectivity index (χ1n) is 7.15. The molecule has 2 aliphatic heterocycles. The minimum atomic E-state index is -0.511. The molecular formula is C17H12N2O3S. The summed E-state index contributed by atoms with van der Waals surface area (Å²) in [6, 6.07) is 14.8. The minimum Gasteiger partial charge on any atom is -0.304 e. The van der Waals surface area contributed by atoms with Crippen LogP contribution in [0.2, 0.25) is 0 Å². The van der Waals surface area contributed by atoms with Crippen molar-refractivity contribution < 1.29 is 14.4 Å². The van der Waals surface area contributed by atoms with Crippen LogP contribution < -0.4 is 10.2 Å². The lowest BCUT2D eigenvalue weighted by atomic mass is 10.1. The van der Waals surface area contributed by atoms with Crippen LogP contribution in [0.3, 0.4) is 0 Å². The Hall–Kier alpha value is -2.60. The van der Waals surface area contributed by atoms with Gasteiger partial charge in [0.05, 0.1) is 6.54 Å². The number of thioether (sulfide) groups is 1. The number of benzene rings is 2. The standard InChI is InChI=1S/C17H12N2O3S/c20-15-14(23-17(22)18-15)10-5-7-12(8-6-10)19-9-11-3-1-2-4-13(11)16(19)21/h1-8,14H,9H2,(H,18,20,22). The lowest BCUT2D eigenvalue weighted by Gasteiger charge is -2.16. The smallest absolute Gasteiger partial charge is 0.286 e. The predicted molar refractivity (Wildman–Crippen MR) is 87.3 cm³/mol. The number of imide groups is 1. The van der Waals surface area contributed by atoms with Gasteiger partial charge in [-0.05, 0) is 41.1 Å². The Balaban J connectivity index is 1.59. The first kappa shape index (κ1) is 14.0. The van der Waals surface area contributed by atoms with E-state index < -0.39 is 5.25 Å². The maximum absolute atomic E-state index is 12.4. The van der Waals surface area contributed by atoms with E-state index in [9.17, 15) is 14.4 Å². The third kappa shape index (κ3) is 2.31. The molecule has 0 saturated carbocycles. The molecular weight excluding hydrogens is 312 g/mol. The van der Waals surface area contributed by atoms with Crippen LogP contribution in [0.4, 0.5) is 10.5 Å². The molecule has 0 aromatic heterocycles. The maximum atomic E-state index is 12.4. The number of fused-ring (bicyclic) bond motifs is 1. The van der Waals surface area contributed by atoms with Crippen molar-refractivity contribution in [2.75, 3.05) is 4.90 Å². The zero-order valence-corrected chi connectivity index (χ0v) is 12.8. The van der Waals surface area contributed by atoms with Gasteiger partial charge in [0.2, 0.25) is 5.91 Å². The van der Waals surface area contributed by atoms with Crippen LogP contribution in [0.5, 0.6) is 0 Å². The van der Waals surface area contributed by atoms with Crippen LogP contribution >= 0.6 is 11.8 Å². The molecule has 1 fully saturated rings. The number of amides is 3. The van der Waals surface area contributed by atoms with E-state index in [1.165, 1.54) is 0 Å². The molecule has 2 aliphatic rings. The summed E-state index contributed by atoms with van der Waals surface area (Å²) in [6.45, 7) is 0.547. The van der Waals surface area contributed by atoms with Crippen LogP contribution in [0.25, 0.3) is 0 Å². The number of carbonyl (C=O) groups is 3. The van der Waals surface area contributed by atoms with Crippen molar-refractivity contribution in [3.63, 3.8) is 0 Å². The second-order valence-electron chi connectivity index (χ2n) is 5.41. The Bertz CT molecular complexity index is 832. The number of nitrogens with zero attached hydrogens (tertiary/aromatic N) is 1. The third-order valence-electron chi connectivity index (χ3n) is 4.02. The van der Waals surface area contributed by atoms with Crippen LogP contribution in [0, 0.1) is 0 Å². The van der Waals surface area contributed by atoms with E-state index in [0.717, 1.165) is 34.1 Å². The van der Waals surface area contributed by atoms with E-state index in [1.807, 2.05) is 36.4 Å². The molecule has 114 valence electrons. The van der Waals surface area contributed by atoms with Crippen molar-refractivity contribution in [3.05, 3.63) is 65.2 Å². The second-order valence-corrected chi connectivity index (χ2v) is 6.49. The summed E-state index contributed by atoms with van der Waals surface area (Å²) in [5, 5.41) is 1.44. The largest absolute Gasteiger partial charge is 0.304 e. The number of nitrogens with one attached hydrogen (secondary N) is 1. The van der Waals surface area contributed by atoms with E-state index in [-0.39, 0.29) is 17.1 Å². The monoisotopic (exact) mass is 324 g/mol. The van der Waals surface area contributed by atoms with Gasteiger partial charge in [-0.2, -0.15) is 0 Å². The van der Waals surface area contributed by atoms with Crippen molar-refractivity contribution in [2.45, 2.75) is 11.8 Å². The molecule has 5 nitrogen and oxygen atoms in total. The molecule has 6 heteroatoms. The van der Waals surface area contributed by atoms with Crippen LogP contribution in [0.15, 0.2) is 48.5 Å². The van der Waals surface area contributed by atoms with Crippen LogP contribution in [-0.2, 0) is 11.3 Å². The van der Waals surface area contributed by atoms with E-state index >= 15 is 0 Å². The van der Waals surface area contributed by atoms with E-state index in [1.54, 1.807) is 17.0 Å². The van der Waals surface area contributed by atoms with E-state index in [0.29, 0.717) is 6.54 Å². The van der Waals surface area contributed by atoms with Gasteiger partial charge in [0.25, 0.3) is 11.1 Å². The van der Waals surface area contributed by atoms with Gasteiger partial charge in [0.15, 0.2) is 0 Å². The summed E-state index contributed by atoms with van der Waals surface area (Å²) in [5.74, 6) is -0.311. The summed E-state index contributed by atoms with van der Waals surface area (Å²) < 4.78 is 0. The fourth-order valence-electron chi connectivity index (χ4n) is 2.87. The fourth-order valence-corrected chi connectivity index (χ4v) is 3.70. The molecule has 0 aliphatic carbocycles. The van der Waals surface area contributed by atoms with E-state index in [4.69, 9.17) is 0 Å². The number of hydrogen-bond donors (Lipinski definition) is 1. The molecule has 1 saturated heterocycles. The first-order valence-corrected chi connectivity index (χ1v) is 8.02. The van der Waals surface area contributed by atoms with Gasteiger partial charge in [0, 0.05) is 11.3 Å². The number of carbonyl (C=O) groups excluding carboxylic acids is 3. The zero-order valence-electron chi connectivity index (χ0n) is 12.0. The Kier molecular flexibility index (Phi) is 3.20. The summed E-state index contributed by atoms with van der Waals surface area (Å²) in [7, 11) is 0. The molecule has 0 radical (unpaired) electrons. The molecule has 1 N–H and O–H groups in total. The van der Waals surface area contributed by atoms with Crippen molar-refractivity contribution in [2.24, 2.45) is 0 Å². The molecule has 23 heavy (non-hydrogen) atoms. The zero-order chi connectivity index (χ0) is 16.0. The Labute approximate surface area is 136 Å². The normalized spacial score (nSPS) is 19.9. The van der Waals surface area contributed by atoms with Crippen molar-refractivity contribution in [1.82, 2.24) is 5.32 Å². The van der Waals surface area contributed by atoms with Gasteiger partial charge in [-0.3, -0.25) is 19.7 Å². The first-order chi connectivity index (χ1) is 11.1. The number of hydrogen-bond acceptors (Lipinski definition) is 4. The van der Waals surface area contributed by atoms with E-state index in [2.05, 4.69) is 5.32 Å². The fraction of sp³-hybridized carbons (Fsp3) is 0.118. The van der Waals surface area contributed by atoms with Crippen molar-refractivity contribution in [3.8, 4) is 0 Å². The third-order valence-corrected chi connectivity index (χ3v) is 5.06. The summed E-state index contributed by atoms with van der Waals surface area (Å²) in [6.07, 6.45) is 0. The Morgan fingerprint density at radius 3 is 2.39 bits per heavy atom. The van der Waals surface area contributed by atoms with Crippen molar-refractivity contribution >= 4 is 34.5 Å². The average Bonchev–Trinajstić information content (AvgIpc) is 3.08. The average molecular weight is 324 g/mol. The van der Waals surface area contributed by atoms with Gasteiger partial charge in [-0.25, -0.2) is 0 Å². The summed E-state index contributed by atoms with van der Waals surface area (Å²) in [4.78, 5) is 37.1. The quantitative estimate of drug-likeness (QED) is 0.922. The van der Waals surface area contributed by atoms with Gasteiger partial charge in [-0.1, -0.05) is 30.3 Å². The Morgan fingerprint density at radius 1 is 1.00 bits per heavy atom. The highest BCUT2D eigenvalue weighted by molar-refractivity contribution is 8.15. The summed E-state index contributed by atoms with van der Waals surface area (Å²) >= 11 is 0.975. The number of rotatable bonds is 2. The lowest BCUT2D eigenvalue weighted by Crippen LogP contribution is -2.23. The van der Waals surface area contributed by atoms with Gasteiger partial charge in [-0.15, -0.1) is 0 Å². The van der Waals surface area contributed by atoms with Gasteiger partial charge < -0.3 is 4.90 Å². The van der Waals surface area contributed by atoms with Gasteiger partial charge >= 0.3 is 0 Å². The molecule has 2 heterocycles. The minimum absolute atomic E-state index is 0.0171. The highest BCUT2D eigenvalue weighted by Gasteiger charge is 2.33. The topological polar surface area (TPSA) is 66.5 Å². The van der Waals surface area contributed by atoms with Crippen molar-refractivity contribution in [1.29, 1.82) is 0 Å². The lowest BCUT2D eigenvalue weighted by molar-refractivity contribution is -0.119. The Morgan fingerprint density at radius 2 is 1.74 bits per heavy atom. The molecule has 2 aromatic rings. The molecule has 3 amide bonds. The van der Waals surface area contributed by atoms with Crippen LogP contribution in [-0.4, -0.2) is 17.1 Å². The SMILES string of the molecule is O=C1NC(=O)C(c2ccc(N3Cc4ccccc4C3=O)cc2)S1. The highest BCUT2D eigenvalue weighted by atomic mass is 32.2.